The third kappa shape index (κ3) is 2.06. The van der Waals surface area contributed by atoms with Crippen LogP contribution in [-0.4, -0.2) is 23.9 Å². The van der Waals surface area contributed by atoms with Gasteiger partial charge in [-0.25, -0.2) is 4.39 Å². The van der Waals surface area contributed by atoms with Crippen molar-refractivity contribution in [2.24, 2.45) is 5.92 Å². The van der Waals surface area contributed by atoms with Crippen LogP contribution in [0, 0.1) is 11.7 Å². The molecule has 2 unspecified atom stereocenters. The highest BCUT2D eigenvalue weighted by molar-refractivity contribution is 6.34. The summed E-state index contributed by atoms with van der Waals surface area (Å²) in [6.07, 6.45) is 1.81. The maximum Gasteiger partial charge on any atom is 0.250 e. The predicted molar refractivity (Wildman–Crippen MR) is 73.0 cm³/mol. The monoisotopic (exact) mass is 296 g/mol. The van der Waals surface area contributed by atoms with Gasteiger partial charge in [0.05, 0.1) is 10.7 Å². The number of carbonyl (C=O) groups excluding carboxylic acids is 2. The summed E-state index contributed by atoms with van der Waals surface area (Å²) >= 11 is 6.02. The largest absolute Gasteiger partial charge is 0.342 e. The number of piperazine rings is 1. The highest BCUT2D eigenvalue weighted by atomic mass is 35.5. The van der Waals surface area contributed by atoms with Crippen LogP contribution >= 0.6 is 11.6 Å². The lowest BCUT2D eigenvalue weighted by Gasteiger charge is -2.37. The molecule has 1 aromatic rings. The second kappa shape index (κ2) is 4.74. The smallest absolute Gasteiger partial charge is 0.250 e. The fourth-order valence-electron chi connectivity index (χ4n) is 2.57. The minimum atomic E-state index is -0.771. The number of hydrogen-bond donors (Lipinski definition) is 1. The number of benzene rings is 1. The first kappa shape index (κ1) is 13.4. The molecular formula is C14H14ClFN2O2. The number of rotatable bonds is 2. The SMILES string of the molecule is CC1C(=O)NC(C2CC2)C(=O)N1c1c(F)cccc1Cl. The Hall–Kier alpha value is -1.62. The molecule has 1 aliphatic heterocycles. The average Bonchev–Trinajstić information content (AvgIpc) is 3.21. The van der Waals surface area contributed by atoms with E-state index in [1.165, 1.54) is 23.1 Å². The molecule has 1 heterocycles. The van der Waals surface area contributed by atoms with E-state index in [2.05, 4.69) is 5.32 Å². The molecule has 1 saturated carbocycles. The van der Waals surface area contributed by atoms with Gasteiger partial charge in [-0.3, -0.25) is 14.5 Å². The zero-order chi connectivity index (χ0) is 14.4. The van der Waals surface area contributed by atoms with Gasteiger partial charge in [0.2, 0.25) is 5.91 Å². The molecule has 1 aromatic carbocycles. The summed E-state index contributed by atoms with van der Waals surface area (Å²) in [4.78, 5) is 25.8. The summed E-state index contributed by atoms with van der Waals surface area (Å²) in [6, 6.07) is 2.89. The van der Waals surface area contributed by atoms with Gasteiger partial charge >= 0.3 is 0 Å². The van der Waals surface area contributed by atoms with Crippen LogP contribution in [-0.2, 0) is 9.59 Å². The van der Waals surface area contributed by atoms with Gasteiger partial charge < -0.3 is 5.32 Å². The number of hydrogen-bond acceptors (Lipinski definition) is 2. The first-order valence-electron chi connectivity index (χ1n) is 6.58. The number of carbonyl (C=O) groups is 2. The molecule has 1 N–H and O–H groups in total. The normalized spacial score (nSPS) is 26.6. The van der Waals surface area contributed by atoms with Crippen LogP contribution in [0.3, 0.4) is 0 Å². The second-order valence-corrected chi connectivity index (χ2v) is 5.69. The maximum atomic E-state index is 14.0. The van der Waals surface area contributed by atoms with Crippen LogP contribution in [0.5, 0.6) is 0 Å². The Labute approximate surface area is 120 Å². The first-order chi connectivity index (χ1) is 9.50. The van der Waals surface area contributed by atoms with Crippen LogP contribution in [0.15, 0.2) is 18.2 Å². The Balaban J connectivity index is 2.04. The van der Waals surface area contributed by atoms with E-state index < -0.39 is 17.9 Å². The lowest BCUT2D eigenvalue weighted by Crippen LogP contribution is -2.63. The average molecular weight is 297 g/mol. The van der Waals surface area contributed by atoms with Crippen molar-refractivity contribution in [2.45, 2.75) is 31.8 Å². The Morgan fingerprint density at radius 1 is 1.35 bits per heavy atom. The molecule has 20 heavy (non-hydrogen) atoms. The lowest BCUT2D eigenvalue weighted by atomic mass is 10.0. The van der Waals surface area contributed by atoms with Crippen molar-refractivity contribution in [3.05, 3.63) is 29.0 Å². The topological polar surface area (TPSA) is 49.4 Å². The third-order valence-corrected chi connectivity index (χ3v) is 4.14. The number of anilines is 1. The van der Waals surface area contributed by atoms with E-state index in [4.69, 9.17) is 11.6 Å². The molecule has 1 saturated heterocycles. The van der Waals surface area contributed by atoms with Gasteiger partial charge in [-0.2, -0.15) is 0 Å². The van der Waals surface area contributed by atoms with E-state index in [1.54, 1.807) is 6.92 Å². The molecule has 0 radical (unpaired) electrons. The van der Waals surface area contributed by atoms with Crippen molar-refractivity contribution in [1.29, 1.82) is 0 Å². The van der Waals surface area contributed by atoms with Crippen molar-refractivity contribution in [3.8, 4) is 0 Å². The Kier molecular flexibility index (Phi) is 3.17. The molecule has 2 amide bonds. The van der Waals surface area contributed by atoms with Gasteiger partial charge in [-0.15, -0.1) is 0 Å². The fraction of sp³-hybridized carbons (Fsp3) is 0.429. The molecule has 0 aromatic heterocycles. The van der Waals surface area contributed by atoms with E-state index in [0.717, 1.165) is 12.8 Å². The van der Waals surface area contributed by atoms with E-state index >= 15 is 0 Å². The number of nitrogens with one attached hydrogen (secondary N) is 1. The maximum absolute atomic E-state index is 14.0. The van der Waals surface area contributed by atoms with Crippen LogP contribution in [0.1, 0.15) is 19.8 Å². The van der Waals surface area contributed by atoms with E-state index in [1.807, 2.05) is 0 Å². The highest BCUT2D eigenvalue weighted by Gasteiger charge is 2.46. The van der Waals surface area contributed by atoms with Crippen LogP contribution in [0.25, 0.3) is 0 Å². The number of amides is 2. The highest BCUT2D eigenvalue weighted by Crippen LogP contribution is 2.38. The Morgan fingerprint density at radius 3 is 2.65 bits per heavy atom. The number of halogens is 2. The molecule has 6 heteroatoms. The van der Waals surface area contributed by atoms with Crippen LogP contribution in [0.2, 0.25) is 5.02 Å². The fourth-order valence-corrected chi connectivity index (χ4v) is 2.82. The summed E-state index contributed by atoms with van der Waals surface area (Å²) in [5.41, 5.74) is -0.00725. The molecule has 106 valence electrons. The van der Waals surface area contributed by atoms with Gasteiger partial charge in [0.25, 0.3) is 5.91 Å². The minimum Gasteiger partial charge on any atom is -0.342 e. The van der Waals surface area contributed by atoms with Crippen molar-refractivity contribution in [1.82, 2.24) is 5.32 Å². The number of para-hydroxylation sites is 1. The lowest BCUT2D eigenvalue weighted by molar-refractivity contribution is -0.134. The molecule has 2 fully saturated rings. The molecule has 1 aliphatic carbocycles. The van der Waals surface area contributed by atoms with Gasteiger partial charge in [-0.05, 0) is 37.8 Å². The molecule has 0 spiro atoms. The van der Waals surface area contributed by atoms with E-state index in [0.29, 0.717) is 0 Å². The third-order valence-electron chi connectivity index (χ3n) is 3.84. The Bertz CT molecular complexity index is 568. The molecule has 2 atom stereocenters. The van der Waals surface area contributed by atoms with Crippen LogP contribution in [0.4, 0.5) is 10.1 Å². The zero-order valence-corrected chi connectivity index (χ0v) is 11.7. The standard InChI is InChI=1S/C14H14ClFN2O2/c1-7-13(19)17-11(8-5-6-8)14(20)18(7)12-9(15)3-2-4-10(12)16/h2-4,7-8,11H,5-6H2,1H3,(H,17,19). The summed E-state index contributed by atoms with van der Waals surface area (Å²) in [5.74, 6) is -0.999. The van der Waals surface area contributed by atoms with E-state index in [9.17, 15) is 14.0 Å². The van der Waals surface area contributed by atoms with Crippen molar-refractivity contribution < 1.29 is 14.0 Å². The molecular weight excluding hydrogens is 283 g/mol. The van der Waals surface area contributed by atoms with Crippen molar-refractivity contribution in [2.75, 3.05) is 4.90 Å². The van der Waals surface area contributed by atoms with Gasteiger partial charge in [-0.1, -0.05) is 17.7 Å². The summed E-state index contributed by atoms with van der Waals surface area (Å²) in [6.45, 7) is 1.57. The predicted octanol–water partition coefficient (Wildman–Crippen LogP) is 2.11. The summed E-state index contributed by atoms with van der Waals surface area (Å²) < 4.78 is 14.0. The van der Waals surface area contributed by atoms with Gasteiger partial charge in [0.1, 0.15) is 17.9 Å². The summed E-state index contributed by atoms with van der Waals surface area (Å²) in [5, 5.41) is 2.85. The van der Waals surface area contributed by atoms with Gasteiger partial charge in [0.15, 0.2) is 0 Å². The second-order valence-electron chi connectivity index (χ2n) is 5.28. The molecule has 4 nitrogen and oxygen atoms in total. The zero-order valence-electron chi connectivity index (χ0n) is 10.9. The van der Waals surface area contributed by atoms with Crippen molar-refractivity contribution >= 4 is 29.1 Å². The molecule has 3 rings (SSSR count). The Morgan fingerprint density at radius 2 is 2.05 bits per heavy atom. The minimum absolute atomic E-state index is 0.00725. The van der Waals surface area contributed by atoms with Gasteiger partial charge in [0, 0.05) is 0 Å². The molecule has 2 aliphatic rings. The summed E-state index contributed by atoms with van der Waals surface area (Å²) in [7, 11) is 0. The molecule has 0 bridgehead atoms. The van der Waals surface area contributed by atoms with Crippen molar-refractivity contribution in [3.63, 3.8) is 0 Å². The first-order valence-corrected chi connectivity index (χ1v) is 6.96. The number of nitrogens with zero attached hydrogens (tertiary/aromatic N) is 1. The van der Waals surface area contributed by atoms with Crippen LogP contribution < -0.4 is 10.2 Å². The van der Waals surface area contributed by atoms with E-state index in [-0.39, 0.29) is 28.4 Å². The quantitative estimate of drug-likeness (QED) is 0.909.